The molecule has 70 valence electrons. The number of rotatable bonds is 2. The lowest BCUT2D eigenvalue weighted by molar-refractivity contribution is 0.215. The molecule has 0 spiro atoms. The smallest absolute Gasteiger partial charge is 0.176 e. The monoisotopic (exact) mass is 201 g/mol. The Balaban J connectivity index is 3.06. The number of aromatic hydroxyl groups is 2. The van der Waals surface area contributed by atoms with Crippen molar-refractivity contribution in [3.05, 3.63) is 22.7 Å². The summed E-state index contributed by atoms with van der Waals surface area (Å²) in [6, 6.07) is 2.78. The van der Waals surface area contributed by atoms with Crippen molar-refractivity contribution in [3.63, 3.8) is 0 Å². The van der Waals surface area contributed by atoms with Crippen LogP contribution in [0.2, 0.25) is 5.02 Å². The summed E-state index contributed by atoms with van der Waals surface area (Å²) < 4.78 is 0. The second kappa shape index (κ2) is 4.00. The molecule has 0 amide bonds. The Hall–Kier alpha value is -1.42. The number of nitrogens with zero attached hydrogens (tertiary/aromatic N) is 1. The van der Waals surface area contributed by atoms with Gasteiger partial charge in [-0.3, -0.25) is 0 Å². The molecule has 0 aliphatic rings. The van der Waals surface area contributed by atoms with Crippen LogP contribution in [0.4, 0.5) is 0 Å². The summed E-state index contributed by atoms with van der Waals surface area (Å²) in [5, 5.41) is 21.8. The van der Waals surface area contributed by atoms with Gasteiger partial charge in [0.1, 0.15) is 7.11 Å². The standard InChI is InChI=1S/C8H8ClNO3/c1-13-10-4-5-2-6(9)8(12)7(11)3-5/h2-4,11-12H,1H3/b10-4+. The third-order valence-electron chi connectivity index (χ3n) is 1.37. The summed E-state index contributed by atoms with van der Waals surface area (Å²) in [5.41, 5.74) is 0.544. The molecule has 1 rings (SSSR count). The molecule has 0 saturated heterocycles. The van der Waals surface area contributed by atoms with Gasteiger partial charge >= 0.3 is 0 Å². The maximum absolute atomic E-state index is 9.14. The van der Waals surface area contributed by atoms with Crippen LogP contribution in [-0.4, -0.2) is 23.5 Å². The van der Waals surface area contributed by atoms with E-state index in [4.69, 9.17) is 21.8 Å². The highest BCUT2D eigenvalue weighted by Gasteiger charge is 2.05. The fraction of sp³-hybridized carbons (Fsp3) is 0.125. The Morgan fingerprint density at radius 1 is 1.46 bits per heavy atom. The topological polar surface area (TPSA) is 62.0 Å². The molecule has 0 heterocycles. The van der Waals surface area contributed by atoms with Crippen LogP contribution in [0.25, 0.3) is 0 Å². The van der Waals surface area contributed by atoms with Gasteiger partial charge in [-0.15, -0.1) is 0 Å². The lowest BCUT2D eigenvalue weighted by atomic mass is 10.2. The SMILES string of the molecule is CO/N=C/c1cc(O)c(O)c(Cl)c1. The first kappa shape index (κ1) is 9.67. The third kappa shape index (κ3) is 2.26. The molecular formula is C8H8ClNO3. The zero-order valence-corrected chi connectivity index (χ0v) is 7.62. The van der Waals surface area contributed by atoms with E-state index in [1.54, 1.807) is 0 Å². The normalized spacial score (nSPS) is 10.6. The van der Waals surface area contributed by atoms with Crippen LogP contribution in [0.3, 0.4) is 0 Å². The molecule has 0 radical (unpaired) electrons. The van der Waals surface area contributed by atoms with Gasteiger partial charge in [0.05, 0.1) is 11.2 Å². The molecule has 0 aliphatic heterocycles. The molecule has 0 saturated carbocycles. The van der Waals surface area contributed by atoms with Crippen LogP contribution in [0.5, 0.6) is 11.5 Å². The first-order chi connectivity index (χ1) is 6.15. The van der Waals surface area contributed by atoms with E-state index in [9.17, 15) is 0 Å². The summed E-state index contributed by atoms with van der Waals surface area (Å²) in [6.45, 7) is 0. The Bertz CT molecular complexity index is 315. The quantitative estimate of drug-likeness (QED) is 0.435. The Morgan fingerprint density at radius 3 is 2.69 bits per heavy atom. The van der Waals surface area contributed by atoms with Gasteiger partial charge in [-0.25, -0.2) is 0 Å². The number of oxime groups is 1. The molecule has 5 heteroatoms. The Kier molecular flexibility index (Phi) is 2.97. The van der Waals surface area contributed by atoms with Crippen LogP contribution in [0.1, 0.15) is 5.56 Å². The molecule has 13 heavy (non-hydrogen) atoms. The molecule has 0 atom stereocenters. The summed E-state index contributed by atoms with van der Waals surface area (Å²) in [4.78, 5) is 4.44. The fourth-order valence-corrected chi connectivity index (χ4v) is 1.02. The van der Waals surface area contributed by atoms with Gasteiger partial charge in [-0.05, 0) is 12.1 Å². The maximum atomic E-state index is 9.14. The van der Waals surface area contributed by atoms with Crippen molar-refractivity contribution in [1.29, 1.82) is 0 Å². The van der Waals surface area contributed by atoms with Crippen molar-refractivity contribution >= 4 is 17.8 Å². The first-order valence-electron chi connectivity index (χ1n) is 3.43. The van der Waals surface area contributed by atoms with Gasteiger partial charge in [0.25, 0.3) is 0 Å². The van der Waals surface area contributed by atoms with E-state index in [2.05, 4.69) is 9.99 Å². The van der Waals surface area contributed by atoms with Crippen molar-refractivity contribution in [1.82, 2.24) is 0 Å². The van der Waals surface area contributed by atoms with E-state index in [1.807, 2.05) is 0 Å². The highest BCUT2D eigenvalue weighted by Crippen LogP contribution is 2.33. The zero-order chi connectivity index (χ0) is 9.84. The summed E-state index contributed by atoms with van der Waals surface area (Å²) >= 11 is 5.59. The van der Waals surface area contributed by atoms with E-state index < -0.39 is 0 Å². The van der Waals surface area contributed by atoms with E-state index in [-0.39, 0.29) is 16.5 Å². The highest BCUT2D eigenvalue weighted by molar-refractivity contribution is 6.32. The van der Waals surface area contributed by atoms with Gasteiger partial charge in [-0.2, -0.15) is 0 Å². The van der Waals surface area contributed by atoms with Crippen LogP contribution < -0.4 is 0 Å². The highest BCUT2D eigenvalue weighted by atomic mass is 35.5. The Labute approximate surface area is 80.0 Å². The van der Waals surface area contributed by atoms with Crippen molar-refractivity contribution < 1.29 is 15.1 Å². The molecule has 2 N–H and O–H groups in total. The lowest BCUT2D eigenvalue weighted by Gasteiger charge is -2.00. The fourth-order valence-electron chi connectivity index (χ4n) is 0.793. The van der Waals surface area contributed by atoms with E-state index in [1.165, 1.54) is 25.5 Å². The van der Waals surface area contributed by atoms with Crippen molar-refractivity contribution in [2.24, 2.45) is 5.16 Å². The predicted octanol–water partition coefficient (Wildman–Crippen LogP) is 1.73. The van der Waals surface area contributed by atoms with Gasteiger partial charge in [0, 0.05) is 5.56 Å². The average Bonchev–Trinajstić information content (AvgIpc) is 2.10. The number of phenols is 2. The number of hydrogen-bond acceptors (Lipinski definition) is 4. The second-order valence-electron chi connectivity index (χ2n) is 2.29. The summed E-state index contributed by atoms with van der Waals surface area (Å²) in [7, 11) is 1.40. The first-order valence-corrected chi connectivity index (χ1v) is 3.81. The molecule has 4 nitrogen and oxygen atoms in total. The third-order valence-corrected chi connectivity index (χ3v) is 1.66. The van der Waals surface area contributed by atoms with Gasteiger partial charge < -0.3 is 15.1 Å². The van der Waals surface area contributed by atoms with Crippen LogP contribution in [0, 0.1) is 0 Å². The minimum atomic E-state index is -0.337. The van der Waals surface area contributed by atoms with Crippen molar-refractivity contribution in [2.45, 2.75) is 0 Å². The minimum Gasteiger partial charge on any atom is -0.504 e. The number of phenolic OH excluding ortho intramolecular Hbond substituents is 2. The Morgan fingerprint density at radius 2 is 2.15 bits per heavy atom. The number of halogens is 1. The average molecular weight is 202 g/mol. The van der Waals surface area contributed by atoms with Gasteiger partial charge in [0.2, 0.25) is 0 Å². The molecule has 0 fully saturated rings. The molecule has 1 aromatic carbocycles. The van der Waals surface area contributed by atoms with E-state index >= 15 is 0 Å². The largest absolute Gasteiger partial charge is 0.504 e. The maximum Gasteiger partial charge on any atom is 0.176 e. The van der Waals surface area contributed by atoms with Gasteiger partial charge in [-0.1, -0.05) is 16.8 Å². The molecule has 0 bridgehead atoms. The van der Waals surface area contributed by atoms with E-state index in [0.717, 1.165) is 0 Å². The molecule has 0 unspecified atom stereocenters. The van der Waals surface area contributed by atoms with Gasteiger partial charge in [0.15, 0.2) is 11.5 Å². The van der Waals surface area contributed by atoms with Crippen molar-refractivity contribution in [3.8, 4) is 11.5 Å². The number of benzene rings is 1. The van der Waals surface area contributed by atoms with Crippen molar-refractivity contribution in [2.75, 3.05) is 7.11 Å². The predicted molar refractivity (Wildman–Crippen MR) is 49.4 cm³/mol. The van der Waals surface area contributed by atoms with Crippen LogP contribution in [-0.2, 0) is 4.84 Å². The molecule has 0 aliphatic carbocycles. The van der Waals surface area contributed by atoms with Crippen LogP contribution >= 0.6 is 11.6 Å². The lowest BCUT2D eigenvalue weighted by Crippen LogP contribution is -1.82. The van der Waals surface area contributed by atoms with E-state index in [0.29, 0.717) is 5.56 Å². The molecule has 0 aromatic heterocycles. The second-order valence-corrected chi connectivity index (χ2v) is 2.69. The number of hydrogen-bond donors (Lipinski definition) is 2. The molecule has 1 aromatic rings. The van der Waals surface area contributed by atoms with Crippen LogP contribution in [0.15, 0.2) is 17.3 Å². The summed E-state index contributed by atoms with van der Waals surface area (Å²) in [5.74, 6) is -0.624. The zero-order valence-electron chi connectivity index (χ0n) is 6.86. The summed E-state index contributed by atoms with van der Waals surface area (Å²) in [6.07, 6.45) is 1.37. The molecular weight excluding hydrogens is 194 g/mol. The minimum absolute atomic E-state index is 0.0672.